The number of hydrogen-bond acceptors (Lipinski definition) is 4. The second-order valence-electron chi connectivity index (χ2n) is 7.39. The van der Waals surface area contributed by atoms with Crippen LogP contribution in [0.2, 0.25) is 10.0 Å². The third-order valence-electron chi connectivity index (χ3n) is 5.07. The van der Waals surface area contributed by atoms with Gasteiger partial charge < -0.3 is 19.7 Å². The second kappa shape index (κ2) is 9.14. The lowest BCUT2D eigenvalue weighted by molar-refractivity contribution is -0.129. The maximum atomic E-state index is 12.6. The number of ether oxygens (including phenoxy) is 1. The Balaban J connectivity index is 1.31. The van der Waals surface area contributed by atoms with E-state index in [2.05, 4.69) is 16.9 Å². The van der Waals surface area contributed by atoms with Gasteiger partial charge in [0.05, 0.1) is 18.1 Å². The monoisotopic (exact) mass is 457 g/mol. The highest BCUT2D eigenvalue weighted by Crippen LogP contribution is 2.36. The van der Waals surface area contributed by atoms with E-state index in [0.717, 1.165) is 11.3 Å². The molecule has 3 aromatic rings. The van der Waals surface area contributed by atoms with E-state index in [1.165, 1.54) is 0 Å². The lowest BCUT2D eigenvalue weighted by Crippen LogP contribution is -2.41. The first kappa shape index (κ1) is 21.4. The van der Waals surface area contributed by atoms with Gasteiger partial charge in [-0.05, 0) is 30.3 Å². The molecule has 2 atom stereocenters. The molecule has 0 unspecified atom stereocenters. The first-order valence-corrected chi connectivity index (χ1v) is 10.5. The zero-order valence-corrected chi connectivity index (χ0v) is 18.1. The smallest absolute Gasteiger partial charge is 0.265 e. The molecule has 6 nitrogen and oxygen atoms in total. The largest absolute Gasteiger partial charge is 0.480 e. The van der Waals surface area contributed by atoms with Crippen molar-refractivity contribution in [2.75, 3.05) is 0 Å². The van der Waals surface area contributed by atoms with Crippen molar-refractivity contribution in [1.82, 2.24) is 14.9 Å². The summed E-state index contributed by atoms with van der Waals surface area (Å²) in [7, 11) is 0. The summed E-state index contributed by atoms with van der Waals surface area (Å²) >= 11 is 11.9. The van der Waals surface area contributed by atoms with Crippen LogP contribution >= 0.6 is 23.2 Å². The molecule has 0 spiro atoms. The van der Waals surface area contributed by atoms with E-state index in [9.17, 15) is 9.90 Å². The molecule has 0 fully saturated rings. The maximum Gasteiger partial charge on any atom is 0.265 e. The van der Waals surface area contributed by atoms with Gasteiger partial charge in [0.25, 0.3) is 5.91 Å². The van der Waals surface area contributed by atoms with Gasteiger partial charge in [-0.3, -0.25) is 4.79 Å². The van der Waals surface area contributed by atoms with Gasteiger partial charge in [0.1, 0.15) is 5.75 Å². The molecular weight excluding hydrogens is 437 g/mol. The lowest BCUT2D eigenvalue weighted by Gasteiger charge is -2.29. The van der Waals surface area contributed by atoms with Crippen LogP contribution < -0.4 is 10.1 Å². The normalized spacial score (nSPS) is 17.5. The molecule has 1 aliphatic heterocycles. The fraction of sp³-hybridized carbons (Fsp3) is 0.217. The number of carbonyl (C=O) groups excluding carboxylic acids is 1. The van der Waals surface area contributed by atoms with Crippen LogP contribution in [0.5, 0.6) is 5.75 Å². The SMILES string of the molecule is C=C(CCn1cnc(-c2ccc(Cl)cc2)c1)NC(=O)[C@H]1C[C@@H](O)c2cc(Cl)ccc2O1. The Kier molecular flexibility index (Phi) is 6.32. The maximum absolute atomic E-state index is 12.6. The summed E-state index contributed by atoms with van der Waals surface area (Å²) in [5.74, 6) is 0.124. The number of fused-ring (bicyclic) bond motifs is 1. The summed E-state index contributed by atoms with van der Waals surface area (Å²) < 4.78 is 7.68. The predicted molar refractivity (Wildman–Crippen MR) is 120 cm³/mol. The third kappa shape index (κ3) is 5.10. The summed E-state index contributed by atoms with van der Waals surface area (Å²) in [5.41, 5.74) is 2.97. The van der Waals surface area contributed by atoms with E-state index in [1.807, 2.05) is 35.0 Å². The first-order valence-electron chi connectivity index (χ1n) is 9.79. The number of amides is 1. The van der Waals surface area contributed by atoms with Crippen LogP contribution in [0.3, 0.4) is 0 Å². The molecule has 1 aliphatic rings. The molecule has 1 amide bonds. The number of carbonyl (C=O) groups is 1. The Hall–Kier alpha value is -2.80. The molecule has 1 aromatic heterocycles. The van der Waals surface area contributed by atoms with E-state index >= 15 is 0 Å². The van der Waals surface area contributed by atoms with E-state index in [-0.39, 0.29) is 12.3 Å². The number of hydrogen-bond donors (Lipinski definition) is 2. The van der Waals surface area contributed by atoms with Crippen molar-refractivity contribution in [3.63, 3.8) is 0 Å². The summed E-state index contributed by atoms with van der Waals surface area (Å²) in [6.07, 6.45) is 2.74. The number of aromatic nitrogens is 2. The molecule has 0 saturated heterocycles. The van der Waals surface area contributed by atoms with Gasteiger partial charge in [0.2, 0.25) is 0 Å². The molecule has 0 radical (unpaired) electrons. The van der Waals surface area contributed by atoms with Crippen LogP contribution in [0.25, 0.3) is 11.3 Å². The zero-order chi connectivity index (χ0) is 22.0. The van der Waals surface area contributed by atoms with Crippen LogP contribution in [0.1, 0.15) is 24.5 Å². The van der Waals surface area contributed by atoms with Crippen molar-refractivity contribution in [1.29, 1.82) is 0 Å². The number of allylic oxidation sites excluding steroid dienone is 1. The van der Waals surface area contributed by atoms with Crippen molar-refractivity contribution in [3.05, 3.63) is 82.9 Å². The van der Waals surface area contributed by atoms with Gasteiger partial charge in [0, 0.05) is 52.5 Å². The zero-order valence-electron chi connectivity index (χ0n) is 16.6. The van der Waals surface area contributed by atoms with Gasteiger partial charge in [-0.1, -0.05) is 41.9 Å². The number of aliphatic hydroxyl groups is 1. The molecule has 2 aromatic carbocycles. The summed E-state index contributed by atoms with van der Waals surface area (Å²) in [6, 6.07) is 12.5. The topological polar surface area (TPSA) is 76.4 Å². The molecule has 2 N–H and O–H groups in total. The summed E-state index contributed by atoms with van der Waals surface area (Å²) in [6.45, 7) is 4.54. The molecular formula is C23H21Cl2N3O3. The number of nitrogens with one attached hydrogen (secondary N) is 1. The molecule has 0 saturated carbocycles. The van der Waals surface area contributed by atoms with E-state index < -0.39 is 12.2 Å². The van der Waals surface area contributed by atoms with Gasteiger partial charge in [-0.2, -0.15) is 0 Å². The summed E-state index contributed by atoms with van der Waals surface area (Å²) in [4.78, 5) is 17.0. The fourth-order valence-corrected chi connectivity index (χ4v) is 3.72. The highest BCUT2D eigenvalue weighted by molar-refractivity contribution is 6.31. The number of rotatable bonds is 6. The van der Waals surface area contributed by atoms with Crippen LogP contribution in [-0.2, 0) is 11.3 Å². The van der Waals surface area contributed by atoms with E-state index in [0.29, 0.717) is 40.0 Å². The third-order valence-corrected chi connectivity index (χ3v) is 5.56. The van der Waals surface area contributed by atoms with Crippen molar-refractivity contribution in [2.24, 2.45) is 0 Å². The molecule has 4 rings (SSSR count). The summed E-state index contributed by atoms with van der Waals surface area (Å²) in [5, 5.41) is 14.3. The van der Waals surface area contributed by atoms with Crippen molar-refractivity contribution in [3.8, 4) is 17.0 Å². The Bertz CT molecular complexity index is 1110. The standard InChI is InChI=1S/C23H21Cl2N3O3/c1-14(8-9-28-12-19(26-13-28)15-2-4-16(24)5-3-15)27-23(30)22-11-20(29)18-10-17(25)6-7-21(18)31-22/h2-7,10,12-13,20,22,29H,1,8-9,11H2,(H,27,30)/t20-,22-/m1/s1. The first-order chi connectivity index (χ1) is 14.9. The highest BCUT2D eigenvalue weighted by atomic mass is 35.5. The average Bonchev–Trinajstić information content (AvgIpc) is 3.22. The number of aryl methyl sites for hydroxylation is 1. The number of halogens is 2. The van der Waals surface area contributed by atoms with Gasteiger partial charge in [0.15, 0.2) is 6.10 Å². The van der Waals surface area contributed by atoms with Crippen molar-refractivity contribution in [2.45, 2.75) is 31.6 Å². The van der Waals surface area contributed by atoms with Crippen LogP contribution in [-0.4, -0.2) is 26.7 Å². The Morgan fingerprint density at radius 2 is 1.97 bits per heavy atom. The van der Waals surface area contributed by atoms with Crippen LogP contribution in [0.4, 0.5) is 0 Å². The molecule has 8 heteroatoms. The van der Waals surface area contributed by atoms with E-state index in [4.69, 9.17) is 27.9 Å². The van der Waals surface area contributed by atoms with Crippen LogP contribution in [0, 0.1) is 0 Å². The average molecular weight is 458 g/mol. The van der Waals surface area contributed by atoms with Crippen molar-refractivity contribution < 1.29 is 14.6 Å². The minimum absolute atomic E-state index is 0.151. The second-order valence-corrected chi connectivity index (χ2v) is 8.26. The number of aliphatic hydroxyl groups excluding tert-OH is 1. The Morgan fingerprint density at radius 3 is 2.74 bits per heavy atom. The molecule has 2 heterocycles. The Labute approximate surface area is 190 Å². The van der Waals surface area contributed by atoms with Gasteiger partial charge in [-0.25, -0.2) is 4.98 Å². The number of imidazole rings is 1. The fourth-order valence-electron chi connectivity index (χ4n) is 3.41. The highest BCUT2D eigenvalue weighted by Gasteiger charge is 2.32. The minimum atomic E-state index is -0.816. The number of benzene rings is 2. The predicted octanol–water partition coefficient (Wildman–Crippen LogP) is 4.76. The Morgan fingerprint density at radius 1 is 1.23 bits per heavy atom. The molecule has 0 aliphatic carbocycles. The molecule has 0 bridgehead atoms. The lowest BCUT2D eigenvalue weighted by atomic mass is 9.98. The minimum Gasteiger partial charge on any atom is -0.480 e. The van der Waals surface area contributed by atoms with Crippen LogP contribution in [0.15, 0.2) is 67.3 Å². The molecule has 31 heavy (non-hydrogen) atoms. The van der Waals surface area contributed by atoms with Gasteiger partial charge in [-0.15, -0.1) is 0 Å². The van der Waals surface area contributed by atoms with E-state index in [1.54, 1.807) is 24.5 Å². The molecule has 160 valence electrons. The number of nitrogens with zero attached hydrogens (tertiary/aromatic N) is 2. The van der Waals surface area contributed by atoms with Gasteiger partial charge >= 0.3 is 0 Å². The van der Waals surface area contributed by atoms with Crippen molar-refractivity contribution >= 4 is 29.1 Å². The quantitative estimate of drug-likeness (QED) is 0.559.